The van der Waals surface area contributed by atoms with Gasteiger partial charge in [-0.3, -0.25) is 0 Å². The molecule has 0 radical (unpaired) electrons. The van der Waals surface area contributed by atoms with Gasteiger partial charge in [0.2, 0.25) is 0 Å². The van der Waals surface area contributed by atoms with Crippen molar-refractivity contribution < 1.29 is 9.13 Å². The van der Waals surface area contributed by atoms with E-state index in [-0.39, 0.29) is 11.9 Å². The van der Waals surface area contributed by atoms with Crippen LogP contribution in [0.4, 0.5) is 4.39 Å². The van der Waals surface area contributed by atoms with Gasteiger partial charge < -0.3 is 10.5 Å². The molecule has 0 aliphatic carbocycles. The van der Waals surface area contributed by atoms with Gasteiger partial charge in [0, 0.05) is 16.6 Å². The van der Waals surface area contributed by atoms with Crippen LogP contribution in [0.15, 0.2) is 46.9 Å². The molecule has 94 valence electrons. The number of ether oxygens (including phenoxy) is 1. The second kappa shape index (κ2) is 5.50. The minimum atomic E-state index is -0.341. The minimum absolute atomic E-state index is 0.0117. The molecule has 0 aliphatic rings. The Bertz CT molecular complexity index is 520. The molecule has 2 N–H and O–H groups in total. The van der Waals surface area contributed by atoms with E-state index in [1.54, 1.807) is 6.07 Å². The molecule has 0 heterocycles. The molecule has 4 heteroatoms. The molecule has 0 saturated carbocycles. The summed E-state index contributed by atoms with van der Waals surface area (Å²) in [4.78, 5) is 0. The third-order valence-corrected chi connectivity index (χ3v) is 2.94. The van der Waals surface area contributed by atoms with Crippen LogP contribution in [0.1, 0.15) is 18.5 Å². The summed E-state index contributed by atoms with van der Waals surface area (Å²) < 4.78 is 19.4. The molecule has 2 rings (SSSR count). The Labute approximate surface area is 114 Å². The van der Waals surface area contributed by atoms with Crippen molar-refractivity contribution in [3.63, 3.8) is 0 Å². The van der Waals surface area contributed by atoms with Crippen molar-refractivity contribution in [2.24, 2.45) is 5.73 Å². The van der Waals surface area contributed by atoms with Crippen molar-refractivity contribution in [1.82, 2.24) is 0 Å². The fourth-order valence-electron chi connectivity index (χ4n) is 1.56. The largest absolute Gasteiger partial charge is 0.457 e. The number of hydrogen-bond acceptors (Lipinski definition) is 2. The lowest BCUT2D eigenvalue weighted by atomic mass is 10.1. The van der Waals surface area contributed by atoms with E-state index >= 15 is 0 Å². The lowest BCUT2D eigenvalue weighted by Gasteiger charge is -2.09. The molecule has 1 atom stereocenters. The SMILES string of the molecule is C[C@H](N)c1ccc(Oc2cc(F)cc(Br)c2)cc1. The van der Waals surface area contributed by atoms with Gasteiger partial charge in [-0.1, -0.05) is 28.1 Å². The molecular formula is C14H13BrFNO. The van der Waals surface area contributed by atoms with Crippen LogP contribution in [0.3, 0.4) is 0 Å². The molecule has 0 aromatic heterocycles. The third-order valence-electron chi connectivity index (χ3n) is 2.48. The maximum Gasteiger partial charge on any atom is 0.131 e. The van der Waals surface area contributed by atoms with Gasteiger partial charge >= 0.3 is 0 Å². The number of rotatable bonds is 3. The lowest BCUT2D eigenvalue weighted by molar-refractivity contribution is 0.476. The Balaban J connectivity index is 2.18. The summed E-state index contributed by atoms with van der Waals surface area (Å²) in [7, 11) is 0. The Hall–Kier alpha value is -1.39. The van der Waals surface area contributed by atoms with Crippen molar-refractivity contribution in [3.05, 3.63) is 58.3 Å². The molecule has 0 fully saturated rings. The first-order valence-corrected chi connectivity index (χ1v) is 6.33. The third kappa shape index (κ3) is 3.31. The van der Waals surface area contributed by atoms with Gasteiger partial charge in [-0.25, -0.2) is 4.39 Å². The summed E-state index contributed by atoms with van der Waals surface area (Å²) in [5.41, 5.74) is 6.79. The zero-order valence-corrected chi connectivity index (χ0v) is 11.4. The maximum atomic E-state index is 13.2. The van der Waals surface area contributed by atoms with Gasteiger partial charge in [0.15, 0.2) is 0 Å². The maximum absolute atomic E-state index is 13.2. The standard InChI is InChI=1S/C14H13BrFNO/c1-9(17)10-2-4-13(5-3-10)18-14-7-11(15)6-12(16)8-14/h2-9H,17H2,1H3/t9-/m0/s1. The predicted octanol–water partition coefficient (Wildman–Crippen LogP) is 4.40. The first-order valence-electron chi connectivity index (χ1n) is 5.54. The topological polar surface area (TPSA) is 35.2 Å². The van der Waals surface area contributed by atoms with Gasteiger partial charge in [-0.2, -0.15) is 0 Å². The average molecular weight is 310 g/mol. The Morgan fingerprint density at radius 1 is 1.11 bits per heavy atom. The van der Waals surface area contributed by atoms with Crippen molar-refractivity contribution in [2.45, 2.75) is 13.0 Å². The van der Waals surface area contributed by atoms with E-state index in [0.29, 0.717) is 16.0 Å². The summed E-state index contributed by atoms with van der Waals surface area (Å²) in [5, 5.41) is 0. The quantitative estimate of drug-likeness (QED) is 0.912. The van der Waals surface area contributed by atoms with Gasteiger partial charge in [0.05, 0.1) is 0 Å². The van der Waals surface area contributed by atoms with E-state index in [2.05, 4.69) is 15.9 Å². The van der Waals surface area contributed by atoms with Crippen molar-refractivity contribution in [2.75, 3.05) is 0 Å². The molecule has 0 aliphatic heterocycles. The van der Waals surface area contributed by atoms with Gasteiger partial charge in [0.25, 0.3) is 0 Å². The zero-order chi connectivity index (χ0) is 13.1. The van der Waals surface area contributed by atoms with Crippen molar-refractivity contribution >= 4 is 15.9 Å². The summed E-state index contributed by atoms with van der Waals surface area (Å²) in [6.45, 7) is 1.92. The van der Waals surface area contributed by atoms with Crippen LogP contribution in [-0.2, 0) is 0 Å². The van der Waals surface area contributed by atoms with Gasteiger partial charge in [-0.15, -0.1) is 0 Å². The zero-order valence-electron chi connectivity index (χ0n) is 9.86. The lowest BCUT2D eigenvalue weighted by Crippen LogP contribution is -2.04. The Morgan fingerprint density at radius 2 is 1.78 bits per heavy atom. The highest BCUT2D eigenvalue weighted by Crippen LogP contribution is 2.26. The molecule has 2 aromatic rings. The number of nitrogens with two attached hydrogens (primary N) is 1. The molecule has 0 unspecified atom stereocenters. The monoisotopic (exact) mass is 309 g/mol. The fourth-order valence-corrected chi connectivity index (χ4v) is 2.01. The fraction of sp³-hybridized carbons (Fsp3) is 0.143. The first-order chi connectivity index (χ1) is 8.54. The van der Waals surface area contributed by atoms with Crippen LogP contribution in [0.2, 0.25) is 0 Å². The molecular weight excluding hydrogens is 297 g/mol. The van der Waals surface area contributed by atoms with E-state index < -0.39 is 0 Å². The molecule has 2 nitrogen and oxygen atoms in total. The molecule has 0 spiro atoms. The van der Waals surface area contributed by atoms with E-state index in [1.807, 2.05) is 31.2 Å². The minimum Gasteiger partial charge on any atom is -0.457 e. The highest BCUT2D eigenvalue weighted by atomic mass is 79.9. The van der Waals surface area contributed by atoms with Crippen LogP contribution in [0, 0.1) is 5.82 Å². The van der Waals surface area contributed by atoms with Gasteiger partial charge in [-0.05, 0) is 36.8 Å². The first kappa shape index (κ1) is 13.1. The number of hydrogen-bond donors (Lipinski definition) is 1. The van der Waals surface area contributed by atoms with Crippen LogP contribution in [0.5, 0.6) is 11.5 Å². The summed E-state index contributed by atoms with van der Waals surface area (Å²) in [6.07, 6.45) is 0. The summed E-state index contributed by atoms with van der Waals surface area (Å²) in [5.74, 6) is 0.763. The molecule has 18 heavy (non-hydrogen) atoms. The highest BCUT2D eigenvalue weighted by Gasteiger charge is 2.03. The van der Waals surface area contributed by atoms with Crippen LogP contribution >= 0.6 is 15.9 Å². The number of benzene rings is 2. The predicted molar refractivity (Wildman–Crippen MR) is 73.2 cm³/mol. The van der Waals surface area contributed by atoms with Crippen LogP contribution < -0.4 is 10.5 Å². The van der Waals surface area contributed by atoms with Crippen LogP contribution in [-0.4, -0.2) is 0 Å². The molecule has 0 amide bonds. The highest BCUT2D eigenvalue weighted by molar-refractivity contribution is 9.10. The van der Waals surface area contributed by atoms with E-state index in [9.17, 15) is 4.39 Å². The van der Waals surface area contributed by atoms with E-state index in [1.165, 1.54) is 12.1 Å². The molecule has 0 bridgehead atoms. The van der Waals surface area contributed by atoms with E-state index in [4.69, 9.17) is 10.5 Å². The molecule has 2 aromatic carbocycles. The smallest absolute Gasteiger partial charge is 0.131 e. The molecule has 0 saturated heterocycles. The second-order valence-corrected chi connectivity index (χ2v) is 4.98. The Morgan fingerprint density at radius 3 is 2.33 bits per heavy atom. The normalized spacial score (nSPS) is 12.2. The average Bonchev–Trinajstić information content (AvgIpc) is 2.28. The van der Waals surface area contributed by atoms with Gasteiger partial charge in [0.1, 0.15) is 17.3 Å². The Kier molecular flexibility index (Phi) is 3.99. The van der Waals surface area contributed by atoms with Crippen LogP contribution in [0.25, 0.3) is 0 Å². The summed E-state index contributed by atoms with van der Waals surface area (Å²) >= 11 is 3.22. The van der Waals surface area contributed by atoms with Crippen molar-refractivity contribution in [1.29, 1.82) is 0 Å². The second-order valence-electron chi connectivity index (χ2n) is 4.06. The van der Waals surface area contributed by atoms with E-state index in [0.717, 1.165) is 5.56 Å². The van der Waals surface area contributed by atoms with Crippen molar-refractivity contribution in [3.8, 4) is 11.5 Å². The summed E-state index contributed by atoms with van der Waals surface area (Å²) in [6, 6.07) is 11.8. The number of halogens is 2.